The summed E-state index contributed by atoms with van der Waals surface area (Å²) in [5.41, 5.74) is -0.916. The van der Waals surface area contributed by atoms with E-state index in [1.54, 1.807) is 13.8 Å². The van der Waals surface area contributed by atoms with Crippen LogP contribution < -0.4 is 9.05 Å². The summed E-state index contributed by atoms with van der Waals surface area (Å²) in [5, 5.41) is -2.20. The second-order valence-corrected chi connectivity index (χ2v) is 11.7. The van der Waals surface area contributed by atoms with Crippen LogP contribution >= 0.6 is 54.1 Å². The van der Waals surface area contributed by atoms with Crippen molar-refractivity contribution in [2.24, 2.45) is 5.41 Å². The van der Waals surface area contributed by atoms with Crippen LogP contribution in [0, 0.1) is 5.41 Å². The van der Waals surface area contributed by atoms with Gasteiger partial charge in [0.05, 0.1) is 0 Å². The second kappa shape index (κ2) is 8.16. The van der Waals surface area contributed by atoms with E-state index in [4.69, 9.17) is 64.5 Å². The fourth-order valence-electron chi connectivity index (χ4n) is 3.09. The Labute approximate surface area is 202 Å². The Morgan fingerprint density at radius 3 is 1.55 bits per heavy atom. The zero-order valence-electron chi connectivity index (χ0n) is 16.5. The van der Waals surface area contributed by atoms with Crippen LogP contribution in [0.5, 0.6) is 11.5 Å². The van der Waals surface area contributed by atoms with Crippen LogP contribution in [-0.4, -0.2) is 31.4 Å². The van der Waals surface area contributed by atoms with E-state index in [1.807, 2.05) is 0 Å². The number of alkyl halides is 7. The third-order valence-electron chi connectivity index (χ3n) is 4.77. The maximum absolute atomic E-state index is 14.7. The van der Waals surface area contributed by atoms with E-state index >= 15 is 0 Å². The van der Waals surface area contributed by atoms with E-state index in [-0.39, 0.29) is 0 Å². The molecule has 1 aromatic carbocycles. The van der Waals surface area contributed by atoms with E-state index in [2.05, 4.69) is 4.52 Å². The van der Waals surface area contributed by atoms with E-state index in [0.717, 1.165) is 0 Å². The van der Waals surface area contributed by atoms with Crippen LogP contribution in [0.2, 0.25) is 20.1 Å². The van der Waals surface area contributed by atoms with Gasteiger partial charge in [-0.05, 0) is 0 Å². The fourth-order valence-corrected chi connectivity index (χ4v) is 7.20. The van der Waals surface area contributed by atoms with Gasteiger partial charge in [0, 0.05) is 0 Å². The molecule has 0 aromatic heterocycles. The summed E-state index contributed by atoms with van der Waals surface area (Å²) >= 11 is 23.7. The normalized spacial score (nSPS) is 25.7. The molecule has 0 amide bonds. The first-order valence-electron chi connectivity index (χ1n) is 8.95. The first-order valence-corrected chi connectivity index (χ1v) is 12.3. The third-order valence-corrected chi connectivity index (χ3v) is 9.15. The molecule has 0 N–H and O–H groups in total. The van der Waals surface area contributed by atoms with Crippen molar-refractivity contribution in [2.45, 2.75) is 44.9 Å². The van der Waals surface area contributed by atoms with Crippen molar-refractivity contribution in [3.8, 4) is 11.5 Å². The Bertz CT molecular complexity index is 911. The number of fused-ring (bicyclic) bond motifs is 1. The van der Waals surface area contributed by atoms with Crippen molar-refractivity contribution in [3.63, 3.8) is 0 Å². The summed E-state index contributed by atoms with van der Waals surface area (Å²) in [5.74, 6) is -7.91. The summed E-state index contributed by atoms with van der Waals surface area (Å²) in [6, 6.07) is 0. The van der Waals surface area contributed by atoms with Crippen molar-refractivity contribution in [1.82, 2.24) is 0 Å². The average Bonchev–Trinajstić information content (AvgIpc) is 3.03. The van der Waals surface area contributed by atoms with E-state index in [1.165, 1.54) is 0 Å². The minimum atomic E-state index is -6.65. The molecule has 0 radical (unpaired) electrons. The van der Waals surface area contributed by atoms with Crippen molar-refractivity contribution >= 4 is 54.1 Å². The molecule has 5 nitrogen and oxygen atoms in total. The summed E-state index contributed by atoms with van der Waals surface area (Å²) in [6.07, 6.45) is -12.4. The third kappa shape index (κ3) is 4.33. The van der Waals surface area contributed by atoms with Gasteiger partial charge in [0.2, 0.25) is 0 Å². The fraction of sp³-hybridized carbons (Fsp3) is 0.625. The Morgan fingerprint density at radius 1 is 0.818 bits per heavy atom. The molecule has 17 heteroatoms. The zero-order chi connectivity index (χ0) is 25.3. The predicted molar refractivity (Wildman–Crippen MR) is 107 cm³/mol. The Hall–Kier alpha value is -0.200. The molecule has 3 rings (SSSR count). The zero-order valence-corrected chi connectivity index (χ0v) is 20.4. The molecule has 0 unspecified atom stereocenters. The van der Waals surface area contributed by atoms with Gasteiger partial charge in [-0.15, -0.1) is 0 Å². The Kier molecular flexibility index (Phi) is 6.77. The molecule has 0 saturated carbocycles. The second-order valence-electron chi connectivity index (χ2n) is 7.63. The predicted octanol–water partition coefficient (Wildman–Crippen LogP) is 8.86. The summed E-state index contributed by atoms with van der Waals surface area (Å²) < 4.78 is 120. The molecule has 2 aliphatic rings. The molecule has 2 heterocycles. The van der Waals surface area contributed by atoms with Crippen LogP contribution in [0.1, 0.15) is 26.7 Å². The van der Waals surface area contributed by atoms with Crippen molar-refractivity contribution in [1.29, 1.82) is 0 Å². The maximum atomic E-state index is 14.7. The first-order chi connectivity index (χ1) is 14.8. The van der Waals surface area contributed by atoms with Crippen LogP contribution in [0.4, 0.5) is 30.7 Å². The molecular formula is C16H14Cl4F7O5P. The Balaban J connectivity index is 2.21. The van der Waals surface area contributed by atoms with Crippen LogP contribution in [0.15, 0.2) is 0 Å². The SMILES string of the molecule is CCCC1(C)COP2(OC(F)(C(F)(F)F)C(F)(F)F)(OC1)Oc1c(Cl)c(Cl)c(Cl)c(Cl)c1O2. The van der Waals surface area contributed by atoms with Crippen LogP contribution in [-0.2, 0) is 13.6 Å². The molecule has 1 spiro atoms. The molecule has 2 aliphatic heterocycles. The van der Waals surface area contributed by atoms with Crippen molar-refractivity contribution < 1.29 is 53.4 Å². The van der Waals surface area contributed by atoms with Gasteiger partial charge < -0.3 is 0 Å². The van der Waals surface area contributed by atoms with Gasteiger partial charge in [0.15, 0.2) is 0 Å². The number of benzene rings is 1. The molecule has 1 aromatic rings. The van der Waals surface area contributed by atoms with Gasteiger partial charge in [-0.1, -0.05) is 0 Å². The summed E-state index contributed by atoms with van der Waals surface area (Å²) in [4.78, 5) is 0. The van der Waals surface area contributed by atoms with Gasteiger partial charge >= 0.3 is 203 Å². The molecule has 0 atom stereocenters. The Morgan fingerprint density at radius 2 is 1.21 bits per heavy atom. The molecule has 0 aliphatic carbocycles. The van der Waals surface area contributed by atoms with E-state index < -0.39 is 76.2 Å². The quantitative estimate of drug-likeness (QED) is 0.151. The van der Waals surface area contributed by atoms with Gasteiger partial charge in [0.1, 0.15) is 0 Å². The molecule has 33 heavy (non-hydrogen) atoms. The van der Waals surface area contributed by atoms with Gasteiger partial charge in [-0.25, -0.2) is 0 Å². The molecule has 0 bridgehead atoms. The monoisotopic (exact) mass is 590 g/mol. The van der Waals surface area contributed by atoms with Crippen LogP contribution in [0.3, 0.4) is 0 Å². The van der Waals surface area contributed by atoms with Crippen molar-refractivity contribution in [2.75, 3.05) is 13.2 Å². The standard InChI is InChI=1S/C16H14Cl4F7O5P/c1-3-4-13(2)5-28-33(29-6-13,32-14(21,15(22,23)24)16(25,26)27)30-11-9(19)7(17)8(18)10(20)12(11)31-33/h3-6H2,1-2H3. The minimum absolute atomic E-state index is 0.366. The molecule has 190 valence electrons. The molecular weight excluding hydrogens is 578 g/mol. The number of hydrogen-bond acceptors (Lipinski definition) is 5. The van der Waals surface area contributed by atoms with Crippen molar-refractivity contribution in [3.05, 3.63) is 20.1 Å². The van der Waals surface area contributed by atoms with E-state index in [9.17, 15) is 30.7 Å². The average molecular weight is 592 g/mol. The number of halogens is 11. The molecule has 1 fully saturated rings. The summed E-state index contributed by atoms with van der Waals surface area (Å²) in [6.45, 7) is 2.15. The number of rotatable bonds is 4. The number of hydrogen-bond donors (Lipinski definition) is 0. The summed E-state index contributed by atoms with van der Waals surface area (Å²) in [7, 11) is -6.57. The topological polar surface area (TPSA) is 46.2 Å². The van der Waals surface area contributed by atoms with Crippen LogP contribution in [0.25, 0.3) is 0 Å². The first kappa shape index (κ1) is 27.4. The van der Waals surface area contributed by atoms with Gasteiger partial charge in [-0.2, -0.15) is 0 Å². The van der Waals surface area contributed by atoms with Gasteiger partial charge in [-0.3, -0.25) is 0 Å². The van der Waals surface area contributed by atoms with Gasteiger partial charge in [0.25, 0.3) is 0 Å². The molecule has 1 saturated heterocycles. The van der Waals surface area contributed by atoms with E-state index in [0.29, 0.717) is 12.8 Å².